The van der Waals surface area contributed by atoms with Crippen LogP contribution in [-0.4, -0.2) is 66.4 Å². The molecule has 0 fully saturated rings. The van der Waals surface area contributed by atoms with Gasteiger partial charge in [0.15, 0.2) is 0 Å². The minimum Gasteiger partial charge on any atom is -0.368 e. The Morgan fingerprint density at radius 2 is 0.547 bits per heavy atom. The summed E-state index contributed by atoms with van der Waals surface area (Å²) in [5.41, 5.74) is 18.6. The van der Waals surface area contributed by atoms with Gasteiger partial charge in [-0.3, -0.25) is 0 Å². The number of aromatic nitrogens is 3. The first kappa shape index (κ1) is 59.5. The minimum atomic E-state index is -4.11. The number of nitrogens with zero attached hydrogens (tertiary/aromatic N) is 3. The summed E-state index contributed by atoms with van der Waals surface area (Å²) in [6.07, 6.45) is 0. The van der Waals surface area contributed by atoms with E-state index in [2.05, 4.69) is 285 Å². The maximum atomic E-state index is 9.39. The fraction of sp³-hybridized carbons (Fsp3) is 0.400. The molecule has 7 rings (SSSR count). The van der Waals surface area contributed by atoms with Gasteiger partial charge in [-0.15, -0.1) is 0 Å². The van der Waals surface area contributed by atoms with Crippen LogP contribution in [0.3, 0.4) is 0 Å². The summed E-state index contributed by atoms with van der Waals surface area (Å²) in [7, 11) is 1.54. The van der Waals surface area contributed by atoms with Gasteiger partial charge in [-0.1, -0.05) is 0 Å². The number of ether oxygens (including phenoxy) is 1. The van der Waals surface area contributed by atoms with E-state index in [1.165, 1.54) is 33.4 Å². The molecule has 1 aromatic heterocycles. The predicted octanol–water partition coefficient (Wildman–Crippen LogP) is 15.8. The van der Waals surface area contributed by atoms with Crippen molar-refractivity contribution in [3.8, 4) is 0 Å². The van der Waals surface area contributed by atoms with E-state index in [0.29, 0.717) is 12.7 Å². The molecule has 7 aromatic rings. The molecular formula is C65H88N6O2Sn2. The molecule has 5 N–H and O–H groups in total. The summed E-state index contributed by atoms with van der Waals surface area (Å²) in [5.74, 6) is 0.476. The molecule has 0 aliphatic carbocycles. The van der Waals surface area contributed by atoms with Gasteiger partial charge in [0, 0.05) is 7.11 Å². The summed E-state index contributed by atoms with van der Waals surface area (Å²) in [4.78, 5) is 11.1. The van der Waals surface area contributed by atoms with Crippen LogP contribution in [-0.2, 0) is 38.6 Å². The SMILES string of the molecule is CC(C)([CH2][Sn]([CH2]C(C)(C)c1ccccc1)([CH2]C(C)(C)c1ccccc1)[O][Sn]([CH2]C(C)(C)c1ccccc1)([CH2]C(C)(C)c1ccccc1)[CH2]C(C)(C)c1ccccc1)c1ccccc1.COCNc1nc(N)nc(N)n1. The van der Waals surface area contributed by atoms with Crippen LogP contribution < -0.4 is 16.8 Å². The maximum absolute atomic E-state index is 9.39. The predicted molar refractivity (Wildman–Crippen MR) is 322 cm³/mol. The fourth-order valence-electron chi connectivity index (χ4n) is 12.5. The summed E-state index contributed by atoms with van der Waals surface area (Å²) in [5, 5.41) is 2.73. The second-order valence-corrected chi connectivity index (χ2v) is 49.1. The molecule has 0 aliphatic rings. The van der Waals surface area contributed by atoms with E-state index < -0.39 is 37.6 Å². The van der Waals surface area contributed by atoms with Crippen LogP contribution in [0.1, 0.15) is 116 Å². The number of methoxy groups -OCH3 is 1. The van der Waals surface area contributed by atoms with Crippen LogP contribution in [0.4, 0.5) is 17.8 Å². The first-order valence-corrected chi connectivity index (χ1v) is 41.3. The molecule has 0 spiro atoms. The average molecular weight is 1220 g/mol. The van der Waals surface area contributed by atoms with Crippen molar-refractivity contribution in [3.05, 3.63) is 215 Å². The molecule has 0 unspecified atom stereocenters. The second-order valence-electron chi connectivity index (χ2n) is 25.0. The third-order valence-electron chi connectivity index (χ3n) is 15.4. The van der Waals surface area contributed by atoms with Gasteiger partial charge in [0.05, 0.1) is 0 Å². The Kier molecular flexibility index (Phi) is 19.9. The molecular weight excluding hydrogens is 1130 g/mol. The van der Waals surface area contributed by atoms with Crippen molar-refractivity contribution < 1.29 is 6.15 Å². The Labute approximate surface area is 461 Å². The van der Waals surface area contributed by atoms with Crippen molar-refractivity contribution in [3.63, 3.8) is 0 Å². The Balaban J connectivity index is 0.000000669. The summed E-state index contributed by atoms with van der Waals surface area (Å²) >= 11 is -8.23. The molecule has 0 amide bonds. The molecule has 10 heteroatoms. The number of hydrogen-bond acceptors (Lipinski definition) is 8. The van der Waals surface area contributed by atoms with E-state index in [1.807, 2.05) is 0 Å². The molecule has 0 saturated heterocycles. The fourth-order valence-corrected chi connectivity index (χ4v) is 75.4. The molecule has 6 aromatic carbocycles. The number of hydrogen-bond donors (Lipinski definition) is 3. The first-order valence-electron chi connectivity index (χ1n) is 26.8. The Morgan fingerprint density at radius 1 is 0.347 bits per heavy atom. The van der Waals surface area contributed by atoms with Gasteiger partial charge in [-0.25, -0.2) is 0 Å². The van der Waals surface area contributed by atoms with Crippen molar-refractivity contribution in [2.24, 2.45) is 0 Å². The third-order valence-corrected chi connectivity index (χ3v) is 60.6. The van der Waals surface area contributed by atoms with Gasteiger partial charge in [0.1, 0.15) is 6.73 Å². The standard InChI is InChI=1S/6C10H13.C5H10N6O.O.2Sn/c6*1-10(2,3)9-7-5-4-6-8-9;1-12-2-8-5-10-3(6)9-4(7)11-5;;;/h6*4-8H,1H2,2-3H3;2H2,1H3,(H5,6,7,8,9,10,11);;;. The zero-order chi connectivity index (χ0) is 54.6. The molecule has 8 nitrogen and oxygen atoms in total. The third kappa shape index (κ3) is 16.6. The number of rotatable bonds is 23. The number of nitrogens with one attached hydrogen (secondary N) is 1. The Hall–Kier alpha value is -4.75. The van der Waals surface area contributed by atoms with Gasteiger partial charge in [0.2, 0.25) is 17.8 Å². The average Bonchev–Trinajstić information content (AvgIpc) is 3.36. The van der Waals surface area contributed by atoms with Gasteiger partial charge in [0.25, 0.3) is 0 Å². The molecule has 0 radical (unpaired) electrons. The Bertz CT molecular complexity index is 2360. The number of anilines is 3. The van der Waals surface area contributed by atoms with Crippen LogP contribution in [0.5, 0.6) is 0 Å². The van der Waals surface area contributed by atoms with Crippen LogP contribution in [0.15, 0.2) is 182 Å². The number of nitrogens with two attached hydrogens (primary N) is 2. The van der Waals surface area contributed by atoms with Crippen molar-refractivity contribution in [1.29, 1.82) is 0 Å². The molecule has 398 valence electrons. The van der Waals surface area contributed by atoms with Gasteiger partial charge >= 0.3 is 397 Å². The van der Waals surface area contributed by atoms with Crippen LogP contribution in [0, 0.1) is 0 Å². The quantitative estimate of drug-likeness (QED) is 0.0428. The van der Waals surface area contributed by atoms with E-state index in [4.69, 9.17) is 16.2 Å². The van der Waals surface area contributed by atoms with Crippen molar-refractivity contribution in [2.45, 2.75) is 142 Å². The summed E-state index contributed by atoms with van der Waals surface area (Å²) in [6, 6.07) is 68.6. The normalized spacial score (nSPS) is 12.9. The maximum Gasteiger partial charge on any atom is 0.231 e. The van der Waals surface area contributed by atoms with E-state index in [-0.39, 0.29) is 44.4 Å². The molecule has 0 aliphatic heterocycles. The zero-order valence-electron chi connectivity index (χ0n) is 47.6. The molecule has 75 heavy (non-hydrogen) atoms. The van der Waals surface area contributed by atoms with Crippen molar-refractivity contribution in [1.82, 2.24) is 15.0 Å². The first-order chi connectivity index (χ1) is 35.3. The van der Waals surface area contributed by atoms with E-state index in [9.17, 15) is 1.41 Å². The van der Waals surface area contributed by atoms with Gasteiger partial charge in [-0.2, -0.15) is 15.0 Å². The van der Waals surface area contributed by atoms with E-state index >= 15 is 0 Å². The summed E-state index contributed by atoms with van der Waals surface area (Å²) in [6.45, 7) is 30.7. The zero-order valence-corrected chi connectivity index (χ0v) is 53.3. The monoisotopic (exact) mass is 1220 g/mol. The largest absolute Gasteiger partial charge is 0.368 e. The molecule has 0 bridgehead atoms. The number of benzene rings is 6. The van der Waals surface area contributed by atoms with Crippen LogP contribution in [0.2, 0.25) is 26.6 Å². The van der Waals surface area contributed by atoms with Crippen LogP contribution in [0.25, 0.3) is 0 Å². The second kappa shape index (κ2) is 25.1. The molecule has 0 atom stereocenters. The van der Waals surface area contributed by atoms with Crippen LogP contribution >= 0.6 is 0 Å². The van der Waals surface area contributed by atoms with E-state index in [0.717, 1.165) is 26.6 Å². The minimum absolute atomic E-state index is 0.0844. The topological polar surface area (TPSA) is 121 Å². The van der Waals surface area contributed by atoms with Gasteiger partial charge in [-0.05, 0) is 0 Å². The molecule has 1 heterocycles. The summed E-state index contributed by atoms with van der Waals surface area (Å²) < 4.78 is 20.8. The van der Waals surface area contributed by atoms with Gasteiger partial charge < -0.3 is 21.5 Å². The Morgan fingerprint density at radius 3 is 0.733 bits per heavy atom. The molecule has 0 saturated carbocycles. The van der Waals surface area contributed by atoms with E-state index in [1.54, 1.807) is 7.11 Å². The van der Waals surface area contributed by atoms with Crippen molar-refractivity contribution in [2.75, 3.05) is 30.6 Å². The van der Waals surface area contributed by atoms with Crippen molar-refractivity contribution >= 4 is 55.4 Å². The number of nitrogen functional groups attached to an aromatic ring is 2. The smallest absolute Gasteiger partial charge is 0.231 e.